The number of nitrogens with two attached hydrogens (primary N) is 1. The Bertz CT molecular complexity index is 327. The van der Waals surface area contributed by atoms with Crippen LogP contribution in [0.25, 0.3) is 0 Å². The van der Waals surface area contributed by atoms with Crippen LogP contribution in [0.1, 0.15) is 5.56 Å². The number of halogens is 2. The summed E-state index contributed by atoms with van der Waals surface area (Å²) in [4.78, 5) is 0. The van der Waals surface area contributed by atoms with E-state index in [1.165, 1.54) is 12.1 Å². The maximum absolute atomic E-state index is 13.0. The first-order valence-corrected chi connectivity index (χ1v) is 3.89. The molecule has 1 rings (SSSR count). The van der Waals surface area contributed by atoms with Crippen molar-refractivity contribution in [1.82, 2.24) is 0 Å². The summed E-state index contributed by atoms with van der Waals surface area (Å²) in [6.07, 6.45) is 0. The predicted molar refractivity (Wildman–Crippen MR) is 48.4 cm³/mol. The van der Waals surface area contributed by atoms with Crippen LogP contribution < -0.4 is 5.73 Å². The van der Waals surface area contributed by atoms with E-state index in [0.29, 0.717) is 4.47 Å². The molecule has 0 fully saturated rings. The van der Waals surface area contributed by atoms with E-state index in [-0.39, 0.29) is 11.4 Å². The van der Waals surface area contributed by atoms with Gasteiger partial charge < -0.3 is 10.9 Å². The van der Waals surface area contributed by atoms with Crippen molar-refractivity contribution in [2.75, 3.05) is 0 Å². The SMILES string of the molecule is NC(=N[OH2+])c1ccc(Br)cc1F. The number of amidine groups is 1. The molecule has 0 aliphatic rings. The molecule has 0 saturated carbocycles. The van der Waals surface area contributed by atoms with Crippen LogP contribution in [0.5, 0.6) is 0 Å². The number of rotatable bonds is 1. The van der Waals surface area contributed by atoms with E-state index in [1.807, 2.05) is 0 Å². The van der Waals surface area contributed by atoms with E-state index >= 15 is 0 Å². The van der Waals surface area contributed by atoms with Gasteiger partial charge >= 0.3 is 0 Å². The third-order valence-electron chi connectivity index (χ3n) is 1.33. The first kappa shape index (κ1) is 8.99. The largest absolute Gasteiger partial charge is 0.467 e. The predicted octanol–water partition coefficient (Wildman–Crippen LogP) is 0.933. The van der Waals surface area contributed by atoms with Gasteiger partial charge in [-0.3, -0.25) is 0 Å². The fourth-order valence-corrected chi connectivity index (χ4v) is 1.09. The lowest BCUT2D eigenvalue weighted by Crippen LogP contribution is -2.14. The zero-order chi connectivity index (χ0) is 9.14. The molecule has 12 heavy (non-hydrogen) atoms. The van der Waals surface area contributed by atoms with Gasteiger partial charge in [0, 0.05) is 4.47 Å². The Balaban J connectivity index is 3.18. The summed E-state index contributed by atoms with van der Waals surface area (Å²) in [5, 5.41) is 9.52. The van der Waals surface area contributed by atoms with Crippen molar-refractivity contribution in [1.29, 1.82) is 0 Å². The normalized spacial score (nSPS) is 11.7. The first-order valence-electron chi connectivity index (χ1n) is 3.10. The molecule has 0 radical (unpaired) electrons. The van der Waals surface area contributed by atoms with E-state index in [1.54, 1.807) is 6.07 Å². The Kier molecular flexibility index (Phi) is 2.65. The maximum atomic E-state index is 13.0. The molecule has 3 nitrogen and oxygen atoms in total. The zero-order valence-electron chi connectivity index (χ0n) is 6.01. The number of hydrogen-bond acceptors (Lipinski definition) is 1. The van der Waals surface area contributed by atoms with Crippen LogP contribution in [0.4, 0.5) is 4.39 Å². The van der Waals surface area contributed by atoms with Crippen molar-refractivity contribution in [3.8, 4) is 0 Å². The van der Waals surface area contributed by atoms with Gasteiger partial charge in [-0.1, -0.05) is 15.9 Å². The molecular weight excluding hydrogens is 227 g/mol. The Morgan fingerprint density at radius 2 is 2.25 bits per heavy atom. The highest BCUT2D eigenvalue weighted by Crippen LogP contribution is 2.14. The van der Waals surface area contributed by atoms with Crippen LogP contribution in [0.3, 0.4) is 0 Å². The average molecular weight is 234 g/mol. The summed E-state index contributed by atoms with van der Waals surface area (Å²) in [5.74, 6) is -0.613. The van der Waals surface area contributed by atoms with Gasteiger partial charge in [0.2, 0.25) is 5.84 Å². The Labute approximate surface area is 76.8 Å². The molecule has 64 valence electrons. The topological polar surface area (TPSA) is 61.3 Å². The van der Waals surface area contributed by atoms with E-state index in [2.05, 4.69) is 21.1 Å². The summed E-state index contributed by atoms with van der Waals surface area (Å²) in [6.45, 7) is 0. The lowest BCUT2D eigenvalue weighted by atomic mass is 10.2. The van der Waals surface area contributed by atoms with Crippen molar-refractivity contribution in [2.24, 2.45) is 10.9 Å². The highest BCUT2D eigenvalue weighted by Gasteiger charge is 2.07. The Morgan fingerprint density at radius 1 is 1.58 bits per heavy atom. The highest BCUT2D eigenvalue weighted by atomic mass is 79.9. The molecule has 1 aromatic rings. The van der Waals surface area contributed by atoms with Crippen molar-refractivity contribution in [2.45, 2.75) is 0 Å². The average Bonchev–Trinajstić information content (AvgIpc) is 2.03. The first-order chi connectivity index (χ1) is 5.65. The molecule has 0 aliphatic carbocycles. The van der Waals surface area contributed by atoms with Crippen LogP contribution in [0, 0.1) is 5.82 Å². The lowest BCUT2D eigenvalue weighted by Gasteiger charge is -1.98. The number of nitrogens with zero attached hydrogens (tertiary/aromatic N) is 1. The van der Waals surface area contributed by atoms with Crippen LogP contribution >= 0.6 is 15.9 Å². The maximum Gasteiger partial charge on any atom is 0.224 e. The van der Waals surface area contributed by atoms with Gasteiger partial charge in [0.15, 0.2) is 0 Å². The van der Waals surface area contributed by atoms with Gasteiger partial charge in [-0.25, -0.2) is 4.39 Å². The second-order valence-corrected chi connectivity index (χ2v) is 3.04. The summed E-state index contributed by atoms with van der Waals surface area (Å²) in [7, 11) is 0. The molecule has 1 aromatic carbocycles. The van der Waals surface area contributed by atoms with Gasteiger partial charge in [0.1, 0.15) is 5.82 Å². The second-order valence-electron chi connectivity index (χ2n) is 2.12. The molecule has 0 spiro atoms. The van der Waals surface area contributed by atoms with Gasteiger partial charge in [0.25, 0.3) is 0 Å². The van der Waals surface area contributed by atoms with E-state index < -0.39 is 5.82 Å². The standard InChI is InChI=1S/C7H6BrFN2O/c8-4-1-2-5(6(9)3-4)7(10)11-12/h1-3,12H,(H2,10,11)/p+1. The highest BCUT2D eigenvalue weighted by molar-refractivity contribution is 9.10. The molecule has 0 amide bonds. The number of hydrogen-bond donors (Lipinski definition) is 1. The smallest absolute Gasteiger partial charge is 0.224 e. The molecule has 0 unspecified atom stereocenters. The lowest BCUT2D eigenvalue weighted by molar-refractivity contribution is 0.318. The van der Waals surface area contributed by atoms with Crippen LogP contribution in [-0.4, -0.2) is 11.0 Å². The molecule has 5 heteroatoms. The monoisotopic (exact) mass is 233 g/mol. The Hall–Kier alpha value is -1.10. The third-order valence-corrected chi connectivity index (χ3v) is 1.82. The van der Waals surface area contributed by atoms with E-state index in [0.717, 1.165) is 0 Å². The fourth-order valence-electron chi connectivity index (χ4n) is 0.757. The fraction of sp³-hybridized carbons (Fsp3) is 0. The molecular formula is C7H7BrFN2O+. The summed E-state index contributed by atoms with van der Waals surface area (Å²) in [5.41, 5.74) is 5.40. The van der Waals surface area contributed by atoms with Crippen LogP contribution in [0.2, 0.25) is 0 Å². The van der Waals surface area contributed by atoms with E-state index in [9.17, 15) is 4.39 Å². The molecule has 4 N–H and O–H groups in total. The summed E-state index contributed by atoms with van der Waals surface area (Å²) < 4.78 is 13.6. The minimum atomic E-state index is -0.488. The van der Waals surface area contributed by atoms with Crippen molar-refractivity contribution in [3.63, 3.8) is 0 Å². The molecule has 0 bridgehead atoms. The minimum Gasteiger partial charge on any atom is -0.467 e. The summed E-state index contributed by atoms with van der Waals surface area (Å²) >= 11 is 3.10. The van der Waals surface area contributed by atoms with Crippen LogP contribution in [0.15, 0.2) is 27.8 Å². The van der Waals surface area contributed by atoms with Gasteiger partial charge in [-0.2, -0.15) is 0 Å². The van der Waals surface area contributed by atoms with Crippen LogP contribution in [-0.2, 0) is 0 Å². The second kappa shape index (κ2) is 3.53. The summed E-state index contributed by atoms with van der Waals surface area (Å²) in [6, 6.07) is 4.37. The molecule has 0 heterocycles. The van der Waals surface area contributed by atoms with Crippen molar-refractivity contribution >= 4 is 21.8 Å². The zero-order valence-corrected chi connectivity index (χ0v) is 7.60. The van der Waals surface area contributed by atoms with Crippen molar-refractivity contribution < 1.29 is 9.60 Å². The molecule has 0 saturated heterocycles. The minimum absolute atomic E-state index is 0.125. The number of benzene rings is 1. The quantitative estimate of drug-likeness (QED) is 0.334. The van der Waals surface area contributed by atoms with Gasteiger partial charge in [0.05, 0.1) is 10.7 Å². The Morgan fingerprint density at radius 3 is 2.75 bits per heavy atom. The molecule has 0 aromatic heterocycles. The third kappa shape index (κ3) is 1.73. The van der Waals surface area contributed by atoms with Gasteiger partial charge in [-0.15, -0.1) is 0 Å². The molecule has 0 atom stereocenters. The van der Waals surface area contributed by atoms with Gasteiger partial charge in [-0.05, 0) is 18.2 Å². The van der Waals surface area contributed by atoms with Crippen molar-refractivity contribution in [3.05, 3.63) is 34.1 Å². The molecule has 0 aliphatic heterocycles. The van der Waals surface area contributed by atoms with E-state index in [4.69, 9.17) is 10.9 Å².